The van der Waals surface area contributed by atoms with E-state index in [0.717, 1.165) is 21.4 Å². The number of benzene rings is 3. The molecule has 0 atom stereocenters. The average Bonchev–Trinajstić information content (AvgIpc) is 3.29. The summed E-state index contributed by atoms with van der Waals surface area (Å²) in [6.07, 6.45) is -9.97. The van der Waals surface area contributed by atoms with Crippen molar-refractivity contribution in [3.63, 3.8) is 0 Å². The summed E-state index contributed by atoms with van der Waals surface area (Å²) in [5.74, 6) is -2.96. The molecule has 13 heteroatoms. The molecule has 0 aliphatic carbocycles. The van der Waals surface area contributed by atoms with Gasteiger partial charge in [0.15, 0.2) is 5.69 Å². The Labute approximate surface area is 246 Å². The lowest BCUT2D eigenvalue weighted by atomic mass is 10.0. The number of para-hydroxylation sites is 1. The maximum absolute atomic E-state index is 14.1. The van der Waals surface area contributed by atoms with Crippen LogP contribution in [-0.2, 0) is 23.9 Å². The van der Waals surface area contributed by atoms with Crippen molar-refractivity contribution in [1.82, 2.24) is 15.1 Å². The van der Waals surface area contributed by atoms with Crippen LogP contribution >= 0.6 is 12.2 Å². The lowest BCUT2D eigenvalue weighted by molar-refractivity contribution is -0.173. The van der Waals surface area contributed by atoms with Crippen LogP contribution in [0.1, 0.15) is 39.3 Å². The molecule has 3 aromatic carbocycles. The maximum atomic E-state index is 14.1. The van der Waals surface area contributed by atoms with Crippen molar-refractivity contribution in [2.24, 2.45) is 0 Å². The minimum Gasteiger partial charge on any atom is -0.344 e. The number of halogens is 6. The molecule has 6 nitrogen and oxygen atoms in total. The number of anilines is 1. The zero-order valence-corrected chi connectivity index (χ0v) is 23.0. The van der Waals surface area contributed by atoms with E-state index in [0.29, 0.717) is 5.69 Å². The fourth-order valence-corrected chi connectivity index (χ4v) is 5.23. The molecule has 0 bridgehead atoms. The first kappa shape index (κ1) is 30.0. The Balaban J connectivity index is 1.56. The molecule has 1 aliphatic rings. The van der Waals surface area contributed by atoms with Crippen molar-refractivity contribution >= 4 is 35.1 Å². The summed E-state index contributed by atoms with van der Waals surface area (Å²) >= 11 is 5.10. The minimum atomic E-state index is -5.15. The summed E-state index contributed by atoms with van der Waals surface area (Å²) in [6.45, 7) is -0.545. The van der Waals surface area contributed by atoms with Gasteiger partial charge in [-0.3, -0.25) is 9.59 Å². The van der Waals surface area contributed by atoms with Gasteiger partial charge in [0.25, 0.3) is 5.91 Å². The lowest BCUT2D eigenvalue weighted by Gasteiger charge is -2.22. The van der Waals surface area contributed by atoms with Crippen molar-refractivity contribution in [1.29, 1.82) is 0 Å². The van der Waals surface area contributed by atoms with Crippen molar-refractivity contribution < 1.29 is 35.9 Å². The number of thiocarbonyl (C=S) groups is 1. The molecule has 1 aromatic heterocycles. The smallest absolute Gasteiger partial charge is 0.344 e. The number of hydrogen-bond donors (Lipinski definition) is 1. The molecule has 0 unspecified atom stereocenters. The number of nitrogens with zero attached hydrogens (tertiary/aromatic N) is 3. The Kier molecular flexibility index (Phi) is 8.10. The van der Waals surface area contributed by atoms with Gasteiger partial charge in [-0.2, -0.15) is 31.4 Å². The Morgan fingerprint density at radius 1 is 0.953 bits per heavy atom. The SMILES string of the molecule is O=C1c2c(c(C(F)(F)F)nn2-c2ccccc2CNC(=O)C(F)(F)F)CCCN1c1ccc(-c2ccccc2C=S)cc1. The van der Waals surface area contributed by atoms with Gasteiger partial charge in [0, 0.05) is 29.7 Å². The van der Waals surface area contributed by atoms with Crippen LogP contribution in [0.3, 0.4) is 0 Å². The lowest BCUT2D eigenvalue weighted by Crippen LogP contribution is -2.36. The Hall–Kier alpha value is -4.52. The molecule has 0 saturated carbocycles. The Morgan fingerprint density at radius 3 is 2.30 bits per heavy atom. The van der Waals surface area contributed by atoms with Gasteiger partial charge in [0.05, 0.1) is 5.69 Å². The summed E-state index contributed by atoms with van der Waals surface area (Å²) in [6, 6.07) is 20.0. The van der Waals surface area contributed by atoms with E-state index in [2.05, 4.69) is 5.10 Å². The summed E-state index contributed by atoms with van der Waals surface area (Å²) < 4.78 is 81.6. The predicted molar refractivity (Wildman–Crippen MR) is 151 cm³/mol. The number of rotatable bonds is 6. The first-order valence-corrected chi connectivity index (χ1v) is 13.5. The summed E-state index contributed by atoms with van der Waals surface area (Å²) in [7, 11) is 0. The molecule has 222 valence electrons. The summed E-state index contributed by atoms with van der Waals surface area (Å²) in [4.78, 5) is 26.8. The number of hydrogen-bond acceptors (Lipinski definition) is 4. The molecule has 0 fully saturated rings. The molecule has 0 saturated heterocycles. The Morgan fingerprint density at radius 2 is 1.63 bits per heavy atom. The van der Waals surface area contributed by atoms with Crippen LogP contribution in [0.5, 0.6) is 0 Å². The quantitative estimate of drug-likeness (QED) is 0.194. The highest BCUT2D eigenvalue weighted by atomic mass is 32.1. The number of amides is 2. The van der Waals surface area contributed by atoms with E-state index in [4.69, 9.17) is 12.2 Å². The fourth-order valence-electron chi connectivity index (χ4n) is 5.02. The van der Waals surface area contributed by atoms with Crippen molar-refractivity contribution in [2.75, 3.05) is 11.4 Å². The minimum absolute atomic E-state index is 0.0317. The normalized spacial score (nSPS) is 13.8. The predicted octanol–water partition coefficient (Wildman–Crippen LogP) is 6.68. The van der Waals surface area contributed by atoms with E-state index in [1.807, 2.05) is 24.3 Å². The first-order chi connectivity index (χ1) is 20.4. The third-order valence-electron chi connectivity index (χ3n) is 7.00. The molecule has 1 aliphatic heterocycles. The van der Waals surface area contributed by atoms with Crippen LogP contribution in [0.2, 0.25) is 0 Å². The second-order valence-corrected chi connectivity index (χ2v) is 9.94. The maximum Gasteiger partial charge on any atom is 0.471 e. The van der Waals surface area contributed by atoms with Gasteiger partial charge >= 0.3 is 18.3 Å². The van der Waals surface area contributed by atoms with Crippen LogP contribution in [0.25, 0.3) is 16.8 Å². The highest BCUT2D eigenvalue weighted by Crippen LogP contribution is 2.37. The number of nitrogens with one attached hydrogen (secondary N) is 1. The second kappa shape index (κ2) is 11.6. The molecule has 4 aromatic rings. The van der Waals surface area contributed by atoms with E-state index in [9.17, 15) is 35.9 Å². The number of aromatic nitrogens is 2. The molecule has 0 radical (unpaired) electrons. The van der Waals surface area contributed by atoms with Gasteiger partial charge in [-0.05, 0) is 53.3 Å². The van der Waals surface area contributed by atoms with Crippen LogP contribution in [0.15, 0.2) is 72.8 Å². The fraction of sp³-hybridized carbons (Fsp3) is 0.200. The van der Waals surface area contributed by atoms with E-state index in [-0.39, 0.29) is 41.9 Å². The number of fused-ring (bicyclic) bond motifs is 1. The summed E-state index contributed by atoms with van der Waals surface area (Å²) in [5.41, 5.74) is 1.01. The molecular formula is C30H22F6N4O2S. The van der Waals surface area contributed by atoms with E-state index < -0.39 is 36.4 Å². The molecule has 5 rings (SSSR count). The number of carbonyl (C=O) groups excluding carboxylic acids is 2. The highest BCUT2D eigenvalue weighted by Gasteiger charge is 2.43. The molecule has 0 spiro atoms. The molecular weight excluding hydrogens is 594 g/mol. The van der Waals surface area contributed by atoms with Gasteiger partial charge in [-0.1, -0.05) is 66.8 Å². The van der Waals surface area contributed by atoms with E-state index in [1.165, 1.54) is 29.2 Å². The standard InChI is InChI=1S/C30H22F6N4O2S/c31-29(32,33)26-23-9-5-15-39(21-13-11-18(12-14-21)22-8-3-1-7-20(22)17-43)27(41)25(23)40(38-26)24-10-4-2-6-19(24)16-37-28(42)30(34,35)36/h1-4,6-8,10-14,17H,5,9,15-16H2,(H,37,42). The van der Waals surface area contributed by atoms with Crippen LogP contribution in [-0.4, -0.2) is 39.7 Å². The largest absolute Gasteiger partial charge is 0.471 e. The van der Waals surface area contributed by atoms with Crippen molar-refractivity contribution in [3.8, 4) is 16.8 Å². The third kappa shape index (κ3) is 6.03. The van der Waals surface area contributed by atoms with Gasteiger partial charge in [0.2, 0.25) is 0 Å². The number of alkyl halides is 6. The average molecular weight is 617 g/mol. The third-order valence-corrected chi connectivity index (χ3v) is 7.26. The van der Waals surface area contributed by atoms with E-state index >= 15 is 0 Å². The van der Waals surface area contributed by atoms with Gasteiger partial charge in [-0.25, -0.2) is 4.68 Å². The Bertz CT molecular complexity index is 1700. The molecule has 43 heavy (non-hydrogen) atoms. The molecule has 2 heterocycles. The van der Waals surface area contributed by atoms with Crippen LogP contribution < -0.4 is 10.2 Å². The second-order valence-electron chi connectivity index (χ2n) is 9.71. The van der Waals surface area contributed by atoms with Gasteiger partial charge < -0.3 is 10.2 Å². The van der Waals surface area contributed by atoms with Gasteiger partial charge in [-0.15, -0.1) is 0 Å². The zero-order chi connectivity index (χ0) is 30.9. The van der Waals surface area contributed by atoms with Crippen LogP contribution in [0, 0.1) is 0 Å². The van der Waals surface area contributed by atoms with Crippen molar-refractivity contribution in [3.05, 3.63) is 101 Å². The number of carbonyl (C=O) groups is 2. The van der Waals surface area contributed by atoms with E-state index in [1.54, 1.807) is 34.9 Å². The molecule has 1 N–H and O–H groups in total. The highest BCUT2D eigenvalue weighted by molar-refractivity contribution is 7.79. The zero-order valence-electron chi connectivity index (χ0n) is 22.2. The van der Waals surface area contributed by atoms with Crippen LogP contribution in [0.4, 0.5) is 32.0 Å². The first-order valence-electron chi connectivity index (χ1n) is 13.0. The van der Waals surface area contributed by atoms with Crippen molar-refractivity contribution in [2.45, 2.75) is 31.7 Å². The monoisotopic (exact) mass is 616 g/mol. The summed E-state index contributed by atoms with van der Waals surface area (Å²) in [5, 5.41) is 7.03. The molecule has 2 amide bonds. The topological polar surface area (TPSA) is 67.2 Å². The van der Waals surface area contributed by atoms with Gasteiger partial charge in [0.1, 0.15) is 5.69 Å².